The van der Waals surface area contributed by atoms with Gasteiger partial charge in [-0.3, -0.25) is 0 Å². The minimum absolute atomic E-state index is 0.622. The fraction of sp³-hybridized carbons (Fsp3) is 0.875. The second-order valence-corrected chi connectivity index (χ2v) is 3.01. The number of amides is 1. The molecule has 0 aromatic carbocycles. The van der Waals surface area contributed by atoms with Crippen LogP contribution in [0.15, 0.2) is 0 Å². The summed E-state index contributed by atoms with van der Waals surface area (Å²) in [6.07, 6.45) is 1.24. The Kier molecular flexibility index (Phi) is 4.66. The van der Waals surface area contributed by atoms with Crippen molar-refractivity contribution in [1.29, 1.82) is 0 Å². The van der Waals surface area contributed by atoms with Gasteiger partial charge in [0.25, 0.3) is 0 Å². The summed E-state index contributed by atoms with van der Waals surface area (Å²) in [5, 5.41) is 8.49. The molecule has 1 unspecified atom stereocenters. The van der Waals surface area contributed by atoms with Crippen LogP contribution in [-0.2, 0) is 0 Å². The fourth-order valence-electron chi connectivity index (χ4n) is 0.714. The molecular formula is C8H17NO2. The molecule has 0 aliphatic heterocycles. The molecular weight excluding hydrogens is 142 g/mol. The van der Waals surface area contributed by atoms with E-state index >= 15 is 0 Å². The topological polar surface area (TPSA) is 40.5 Å². The highest BCUT2D eigenvalue weighted by Gasteiger charge is 2.06. The van der Waals surface area contributed by atoms with Crippen LogP contribution in [0.25, 0.3) is 0 Å². The Labute approximate surface area is 68.0 Å². The fourth-order valence-corrected chi connectivity index (χ4v) is 0.714. The number of hydrogen-bond acceptors (Lipinski definition) is 1. The minimum Gasteiger partial charge on any atom is -0.465 e. The molecule has 0 aliphatic carbocycles. The molecule has 0 bridgehead atoms. The van der Waals surface area contributed by atoms with E-state index in [1.165, 1.54) is 4.90 Å². The Bertz CT molecular complexity index is 125. The van der Waals surface area contributed by atoms with Gasteiger partial charge in [-0.2, -0.15) is 0 Å². The van der Waals surface area contributed by atoms with Crippen molar-refractivity contribution in [3.8, 4) is 0 Å². The average Bonchev–Trinajstić information content (AvgIpc) is 1.99. The molecule has 3 nitrogen and oxygen atoms in total. The summed E-state index contributed by atoms with van der Waals surface area (Å²) in [6.45, 7) is 4.89. The normalized spacial score (nSPS) is 12.6. The molecule has 3 heteroatoms. The third kappa shape index (κ3) is 4.65. The molecule has 11 heavy (non-hydrogen) atoms. The largest absolute Gasteiger partial charge is 0.465 e. The van der Waals surface area contributed by atoms with Gasteiger partial charge in [0.05, 0.1) is 0 Å². The van der Waals surface area contributed by atoms with Crippen molar-refractivity contribution < 1.29 is 9.90 Å². The Morgan fingerprint density at radius 2 is 2.18 bits per heavy atom. The van der Waals surface area contributed by atoms with Crippen LogP contribution >= 0.6 is 0 Å². The van der Waals surface area contributed by atoms with E-state index in [2.05, 4.69) is 13.8 Å². The Morgan fingerprint density at radius 3 is 2.55 bits per heavy atom. The predicted octanol–water partition coefficient (Wildman–Crippen LogP) is 2.03. The summed E-state index contributed by atoms with van der Waals surface area (Å²) < 4.78 is 0. The van der Waals surface area contributed by atoms with Crippen LogP contribution in [0.5, 0.6) is 0 Å². The smallest absolute Gasteiger partial charge is 0.407 e. The molecule has 1 amide bonds. The van der Waals surface area contributed by atoms with Crippen molar-refractivity contribution in [2.24, 2.45) is 5.92 Å². The van der Waals surface area contributed by atoms with Gasteiger partial charge in [0, 0.05) is 13.6 Å². The van der Waals surface area contributed by atoms with E-state index in [0.29, 0.717) is 12.5 Å². The lowest BCUT2D eigenvalue weighted by molar-refractivity contribution is 0.153. The summed E-state index contributed by atoms with van der Waals surface area (Å²) in [6, 6.07) is 0. The Hall–Kier alpha value is -0.730. The van der Waals surface area contributed by atoms with Gasteiger partial charge < -0.3 is 10.0 Å². The van der Waals surface area contributed by atoms with Crippen LogP contribution in [0, 0.1) is 5.92 Å². The lowest BCUT2D eigenvalue weighted by Crippen LogP contribution is -2.26. The van der Waals surface area contributed by atoms with E-state index < -0.39 is 6.09 Å². The van der Waals surface area contributed by atoms with Gasteiger partial charge in [0.1, 0.15) is 0 Å². The quantitative estimate of drug-likeness (QED) is 0.681. The van der Waals surface area contributed by atoms with Crippen molar-refractivity contribution in [2.45, 2.75) is 26.7 Å². The van der Waals surface area contributed by atoms with Gasteiger partial charge in [0.2, 0.25) is 0 Å². The first-order chi connectivity index (χ1) is 5.07. The standard InChI is InChI=1S/C8H17NO2/c1-4-7(2)5-6-9(3)8(10)11/h7H,4-6H2,1-3H3,(H,10,11). The van der Waals surface area contributed by atoms with Crippen molar-refractivity contribution in [3.63, 3.8) is 0 Å². The van der Waals surface area contributed by atoms with E-state index in [0.717, 1.165) is 12.8 Å². The van der Waals surface area contributed by atoms with E-state index in [1.807, 2.05) is 0 Å². The van der Waals surface area contributed by atoms with E-state index in [1.54, 1.807) is 7.05 Å². The zero-order chi connectivity index (χ0) is 8.85. The first kappa shape index (κ1) is 10.3. The Morgan fingerprint density at radius 1 is 1.64 bits per heavy atom. The highest BCUT2D eigenvalue weighted by atomic mass is 16.4. The number of carboxylic acid groups (broad SMARTS) is 1. The molecule has 0 aromatic heterocycles. The van der Waals surface area contributed by atoms with Gasteiger partial charge in [-0.1, -0.05) is 20.3 Å². The van der Waals surface area contributed by atoms with Crippen molar-refractivity contribution >= 4 is 6.09 Å². The van der Waals surface area contributed by atoms with Crippen molar-refractivity contribution in [2.75, 3.05) is 13.6 Å². The van der Waals surface area contributed by atoms with Crippen LogP contribution in [-0.4, -0.2) is 29.7 Å². The summed E-state index contributed by atoms with van der Waals surface area (Å²) in [4.78, 5) is 11.7. The maximum Gasteiger partial charge on any atom is 0.407 e. The molecule has 0 rings (SSSR count). The van der Waals surface area contributed by atoms with Crippen molar-refractivity contribution in [1.82, 2.24) is 4.90 Å². The van der Waals surface area contributed by atoms with E-state index in [-0.39, 0.29) is 0 Å². The molecule has 0 fully saturated rings. The number of hydrogen-bond donors (Lipinski definition) is 1. The molecule has 0 saturated heterocycles. The number of nitrogens with zero attached hydrogens (tertiary/aromatic N) is 1. The van der Waals surface area contributed by atoms with Crippen LogP contribution < -0.4 is 0 Å². The molecule has 1 N–H and O–H groups in total. The molecule has 0 spiro atoms. The van der Waals surface area contributed by atoms with Crippen molar-refractivity contribution in [3.05, 3.63) is 0 Å². The van der Waals surface area contributed by atoms with Crippen LogP contribution in [0.3, 0.4) is 0 Å². The lowest BCUT2D eigenvalue weighted by atomic mass is 10.1. The second kappa shape index (κ2) is 4.99. The van der Waals surface area contributed by atoms with Gasteiger partial charge in [0.15, 0.2) is 0 Å². The molecule has 0 aromatic rings. The summed E-state index contributed by atoms with van der Waals surface area (Å²) >= 11 is 0. The van der Waals surface area contributed by atoms with E-state index in [4.69, 9.17) is 5.11 Å². The minimum atomic E-state index is -0.840. The van der Waals surface area contributed by atoms with E-state index in [9.17, 15) is 4.79 Å². The maximum atomic E-state index is 10.3. The molecule has 0 radical (unpaired) electrons. The summed E-state index contributed by atoms with van der Waals surface area (Å²) in [5.41, 5.74) is 0. The molecule has 1 atom stereocenters. The molecule has 66 valence electrons. The average molecular weight is 159 g/mol. The number of rotatable bonds is 4. The predicted molar refractivity (Wildman–Crippen MR) is 44.7 cm³/mol. The van der Waals surface area contributed by atoms with Crippen LogP contribution in [0.4, 0.5) is 4.79 Å². The molecule has 0 aliphatic rings. The van der Waals surface area contributed by atoms with Gasteiger partial charge >= 0.3 is 6.09 Å². The Balaban J connectivity index is 3.45. The molecule has 0 heterocycles. The molecule has 0 saturated carbocycles. The zero-order valence-corrected chi connectivity index (χ0v) is 7.50. The van der Waals surface area contributed by atoms with Gasteiger partial charge in [-0.15, -0.1) is 0 Å². The van der Waals surface area contributed by atoms with Gasteiger partial charge in [-0.25, -0.2) is 4.79 Å². The third-order valence-electron chi connectivity index (χ3n) is 1.98. The zero-order valence-electron chi connectivity index (χ0n) is 7.50. The van der Waals surface area contributed by atoms with Gasteiger partial charge in [-0.05, 0) is 12.3 Å². The summed E-state index contributed by atoms with van der Waals surface area (Å²) in [5.74, 6) is 0.622. The maximum absolute atomic E-state index is 10.3. The third-order valence-corrected chi connectivity index (χ3v) is 1.98. The SMILES string of the molecule is CCC(C)CCN(C)C(=O)O. The first-order valence-electron chi connectivity index (χ1n) is 4.02. The highest BCUT2D eigenvalue weighted by Crippen LogP contribution is 2.06. The lowest BCUT2D eigenvalue weighted by Gasteiger charge is -2.15. The second-order valence-electron chi connectivity index (χ2n) is 3.01. The van der Waals surface area contributed by atoms with Crippen LogP contribution in [0.1, 0.15) is 26.7 Å². The highest BCUT2D eigenvalue weighted by molar-refractivity contribution is 5.64. The summed E-state index contributed by atoms with van der Waals surface area (Å²) in [7, 11) is 1.60. The first-order valence-corrected chi connectivity index (χ1v) is 4.02. The monoisotopic (exact) mass is 159 g/mol. The van der Waals surface area contributed by atoms with Crippen LogP contribution in [0.2, 0.25) is 0 Å². The number of carbonyl (C=O) groups is 1.